The summed E-state index contributed by atoms with van der Waals surface area (Å²) in [6.07, 6.45) is 3.62. The van der Waals surface area contributed by atoms with Gasteiger partial charge in [0.2, 0.25) is 0 Å². The molecule has 0 saturated carbocycles. The summed E-state index contributed by atoms with van der Waals surface area (Å²) in [5, 5.41) is 8.96. The van der Waals surface area contributed by atoms with Gasteiger partial charge in [-0.3, -0.25) is 4.79 Å². The molecule has 14 heavy (non-hydrogen) atoms. The monoisotopic (exact) mass is 193 g/mol. The number of carbonyl (C=O) groups is 2. The number of carboxylic acids is 1. The van der Waals surface area contributed by atoms with Crippen molar-refractivity contribution in [3.8, 4) is 0 Å². The summed E-state index contributed by atoms with van der Waals surface area (Å²) in [4.78, 5) is 22.4. The van der Waals surface area contributed by atoms with E-state index < -0.39 is 5.97 Å². The van der Waals surface area contributed by atoms with Crippen molar-refractivity contribution in [2.24, 2.45) is 7.05 Å². The molecule has 0 spiro atoms. The van der Waals surface area contributed by atoms with Crippen molar-refractivity contribution >= 4 is 11.8 Å². The molecule has 4 heteroatoms. The Balaban J connectivity index is 2.63. The summed E-state index contributed by atoms with van der Waals surface area (Å²) >= 11 is 0. The van der Waals surface area contributed by atoms with Gasteiger partial charge in [0, 0.05) is 25.2 Å². The first-order valence-corrected chi connectivity index (χ1v) is 4.56. The molecule has 1 aliphatic carbocycles. The number of fused-ring (bicyclic) bond motifs is 1. The largest absolute Gasteiger partial charge is 0.477 e. The Labute approximate surface area is 81.2 Å². The van der Waals surface area contributed by atoms with Crippen LogP contribution in [-0.2, 0) is 13.5 Å². The highest BCUT2D eigenvalue weighted by molar-refractivity contribution is 6.02. The van der Waals surface area contributed by atoms with Gasteiger partial charge in [0.25, 0.3) is 0 Å². The molecule has 0 amide bonds. The Bertz CT molecular complexity index is 417. The van der Waals surface area contributed by atoms with Crippen LogP contribution >= 0.6 is 0 Å². The molecule has 2 rings (SSSR count). The summed E-state index contributed by atoms with van der Waals surface area (Å²) < 4.78 is 1.52. The van der Waals surface area contributed by atoms with E-state index in [2.05, 4.69) is 0 Å². The van der Waals surface area contributed by atoms with Gasteiger partial charge in [0.15, 0.2) is 5.78 Å². The third-order valence-corrected chi connectivity index (χ3v) is 2.62. The summed E-state index contributed by atoms with van der Waals surface area (Å²) in [6.45, 7) is 0. The first kappa shape index (κ1) is 8.99. The number of hydrogen-bond donors (Lipinski definition) is 1. The fraction of sp³-hybridized carbons (Fsp3) is 0.400. The minimum atomic E-state index is -0.955. The van der Waals surface area contributed by atoms with Gasteiger partial charge in [0.05, 0.1) is 0 Å². The highest BCUT2D eigenvalue weighted by atomic mass is 16.4. The van der Waals surface area contributed by atoms with Gasteiger partial charge < -0.3 is 9.67 Å². The molecule has 0 atom stereocenters. The quantitative estimate of drug-likeness (QED) is 0.730. The van der Waals surface area contributed by atoms with E-state index in [1.165, 1.54) is 4.57 Å². The molecule has 0 aliphatic heterocycles. The number of carbonyl (C=O) groups excluding carboxylic acids is 1. The first-order chi connectivity index (χ1) is 6.61. The Morgan fingerprint density at radius 1 is 1.50 bits per heavy atom. The van der Waals surface area contributed by atoms with E-state index >= 15 is 0 Å². The maximum atomic E-state index is 11.5. The van der Waals surface area contributed by atoms with Crippen LogP contribution in [0.2, 0.25) is 0 Å². The van der Waals surface area contributed by atoms with E-state index in [1.807, 2.05) is 0 Å². The third kappa shape index (κ3) is 1.14. The fourth-order valence-electron chi connectivity index (χ4n) is 2.01. The van der Waals surface area contributed by atoms with E-state index in [-0.39, 0.29) is 11.5 Å². The van der Waals surface area contributed by atoms with E-state index in [9.17, 15) is 9.59 Å². The minimum absolute atomic E-state index is 0.0642. The number of hydrogen-bond acceptors (Lipinski definition) is 2. The zero-order valence-electron chi connectivity index (χ0n) is 7.91. The smallest absolute Gasteiger partial charge is 0.352 e. The number of aryl methyl sites for hydroxylation is 1. The molecule has 0 aromatic carbocycles. The zero-order valence-corrected chi connectivity index (χ0v) is 7.91. The van der Waals surface area contributed by atoms with Crippen LogP contribution in [0.4, 0.5) is 0 Å². The Morgan fingerprint density at radius 3 is 2.86 bits per heavy atom. The number of ketones is 1. The van der Waals surface area contributed by atoms with Crippen LogP contribution in [-0.4, -0.2) is 21.4 Å². The van der Waals surface area contributed by atoms with Gasteiger partial charge in [-0.1, -0.05) is 0 Å². The highest BCUT2D eigenvalue weighted by Gasteiger charge is 2.26. The summed E-state index contributed by atoms with van der Waals surface area (Å²) in [5.74, 6) is -0.891. The van der Waals surface area contributed by atoms with Gasteiger partial charge in [-0.15, -0.1) is 0 Å². The molecule has 1 aromatic rings. The Kier molecular flexibility index (Phi) is 1.91. The van der Waals surface area contributed by atoms with Crippen molar-refractivity contribution in [1.29, 1.82) is 0 Å². The maximum Gasteiger partial charge on any atom is 0.352 e. The summed E-state index contributed by atoms with van der Waals surface area (Å²) in [5.41, 5.74) is 1.56. The van der Waals surface area contributed by atoms with Crippen molar-refractivity contribution < 1.29 is 14.7 Å². The lowest BCUT2D eigenvalue weighted by Gasteiger charge is -2.09. The van der Waals surface area contributed by atoms with E-state index in [0.29, 0.717) is 24.0 Å². The van der Waals surface area contributed by atoms with Crippen LogP contribution in [0.25, 0.3) is 0 Å². The Hall–Kier alpha value is -1.58. The molecular weight excluding hydrogens is 182 g/mol. The van der Waals surface area contributed by atoms with Crippen molar-refractivity contribution in [2.45, 2.75) is 19.3 Å². The van der Waals surface area contributed by atoms with E-state index in [4.69, 9.17) is 5.11 Å². The second kappa shape index (κ2) is 2.97. The van der Waals surface area contributed by atoms with E-state index in [0.717, 1.165) is 6.42 Å². The second-order valence-electron chi connectivity index (χ2n) is 3.56. The van der Waals surface area contributed by atoms with Crippen LogP contribution in [0.3, 0.4) is 0 Å². The fourth-order valence-corrected chi connectivity index (χ4v) is 2.01. The molecule has 1 aliphatic rings. The standard InChI is InChI=1S/C10H11NO3/c1-11-5-7-6(9(11)10(13)14)3-2-4-8(7)12/h5H,2-4H2,1H3,(H,13,14). The number of rotatable bonds is 1. The van der Waals surface area contributed by atoms with Gasteiger partial charge in [-0.25, -0.2) is 4.79 Å². The lowest BCUT2D eigenvalue weighted by molar-refractivity contribution is 0.0685. The summed E-state index contributed by atoms with van der Waals surface area (Å²) in [6, 6.07) is 0. The lowest BCUT2D eigenvalue weighted by Crippen LogP contribution is -2.12. The third-order valence-electron chi connectivity index (χ3n) is 2.62. The lowest BCUT2D eigenvalue weighted by atomic mass is 9.93. The predicted molar refractivity (Wildman–Crippen MR) is 49.6 cm³/mol. The van der Waals surface area contributed by atoms with Crippen molar-refractivity contribution in [3.05, 3.63) is 23.0 Å². The number of aromatic nitrogens is 1. The van der Waals surface area contributed by atoms with Gasteiger partial charge in [-0.05, 0) is 18.4 Å². The minimum Gasteiger partial charge on any atom is -0.477 e. The van der Waals surface area contributed by atoms with Gasteiger partial charge >= 0.3 is 5.97 Å². The topological polar surface area (TPSA) is 59.3 Å². The second-order valence-corrected chi connectivity index (χ2v) is 3.56. The molecule has 74 valence electrons. The van der Waals surface area contributed by atoms with Gasteiger partial charge in [-0.2, -0.15) is 0 Å². The molecule has 0 bridgehead atoms. The highest BCUT2D eigenvalue weighted by Crippen LogP contribution is 2.25. The molecule has 1 N–H and O–H groups in total. The molecule has 0 radical (unpaired) electrons. The summed E-state index contributed by atoms with van der Waals surface area (Å²) in [7, 11) is 1.66. The Morgan fingerprint density at radius 2 is 2.21 bits per heavy atom. The number of Topliss-reactive ketones (excluding diaryl/α,β-unsaturated/α-hetero) is 1. The average Bonchev–Trinajstić information content (AvgIpc) is 2.42. The van der Waals surface area contributed by atoms with Crippen LogP contribution in [0.5, 0.6) is 0 Å². The van der Waals surface area contributed by atoms with Crippen molar-refractivity contribution in [3.63, 3.8) is 0 Å². The molecule has 0 fully saturated rings. The number of nitrogens with zero attached hydrogens (tertiary/aromatic N) is 1. The first-order valence-electron chi connectivity index (χ1n) is 4.56. The van der Waals surface area contributed by atoms with Crippen molar-refractivity contribution in [2.75, 3.05) is 0 Å². The van der Waals surface area contributed by atoms with Gasteiger partial charge in [0.1, 0.15) is 5.69 Å². The molecule has 1 aromatic heterocycles. The molecular formula is C10H11NO3. The normalized spacial score (nSPS) is 15.4. The van der Waals surface area contributed by atoms with Crippen molar-refractivity contribution in [1.82, 2.24) is 4.57 Å². The molecule has 0 unspecified atom stereocenters. The van der Waals surface area contributed by atoms with Crippen LogP contribution in [0.1, 0.15) is 39.3 Å². The van der Waals surface area contributed by atoms with Crippen LogP contribution in [0, 0.1) is 0 Å². The van der Waals surface area contributed by atoms with Crippen LogP contribution < -0.4 is 0 Å². The number of aromatic carboxylic acids is 1. The average molecular weight is 193 g/mol. The molecule has 1 heterocycles. The zero-order chi connectivity index (χ0) is 10.3. The SMILES string of the molecule is Cn1cc2c(c1C(=O)O)CCCC2=O. The molecule has 4 nitrogen and oxygen atoms in total. The predicted octanol–water partition coefficient (Wildman–Crippen LogP) is 1.24. The maximum absolute atomic E-state index is 11.5. The van der Waals surface area contributed by atoms with E-state index in [1.54, 1.807) is 13.2 Å². The molecule has 0 saturated heterocycles. The van der Waals surface area contributed by atoms with Crippen LogP contribution in [0.15, 0.2) is 6.20 Å². The number of carboxylic acid groups (broad SMARTS) is 1.